The van der Waals surface area contributed by atoms with Gasteiger partial charge in [0, 0.05) is 37.3 Å². The van der Waals surface area contributed by atoms with Gasteiger partial charge in [0.1, 0.15) is 12.4 Å². The summed E-state index contributed by atoms with van der Waals surface area (Å²) in [6.45, 7) is 6.23. The first kappa shape index (κ1) is 22.8. The number of nitrogens with one attached hydrogen (secondary N) is 1. The Kier molecular flexibility index (Phi) is 8.46. The van der Waals surface area contributed by atoms with Gasteiger partial charge in [-0.2, -0.15) is 0 Å². The number of thioether (sulfide) groups is 1. The molecule has 8 heteroatoms. The largest absolute Gasteiger partial charge is 0.473 e. The fraction of sp³-hybridized carbons (Fsp3) is 0.391. The number of aromatic nitrogens is 4. The van der Waals surface area contributed by atoms with Crippen molar-refractivity contribution in [2.75, 3.05) is 12.8 Å². The molecule has 0 aliphatic rings. The van der Waals surface area contributed by atoms with E-state index in [1.54, 1.807) is 30.1 Å². The number of ether oxygens (including phenoxy) is 1. The molecule has 0 fully saturated rings. The number of carbonyl (C=O) groups excluding carboxylic acids is 1. The zero-order chi connectivity index (χ0) is 22.1. The number of pyridine rings is 1. The smallest absolute Gasteiger partial charge is 0.251 e. The van der Waals surface area contributed by atoms with Crippen molar-refractivity contribution in [2.24, 2.45) is 5.92 Å². The molecule has 31 heavy (non-hydrogen) atoms. The Labute approximate surface area is 187 Å². The molecule has 0 spiro atoms. The predicted octanol–water partition coefficient (Wildman–Crippen LogP) is 3.99. The molecule has 0 aliphatic carbocycles. The highest BCUT2D eigenvalue weighted by Crippen LogP contribution is 2.17. The minimum atomic E-state index is -0.139. The van der Waals surface area contributed by atoms with E-state index in [1.807, 2.05) is 36.6 Å². The van der Waals surface area contributed by atoms with Crippen molar-refractivity contribution in [1.82, 2.24) is 25.1 Å². The summed E-state index contributed by atoms with van der Waals surface area (Å²) in [5.41, 5.74) is 1.58. The van der Waals surface area contributed by atoms with Crippen molar-refractivity contribution in [3.63, 3.8) is 0 Å². The first-order chi connectivity index (χ1) is 15.1. The van der Waals surface area contributed by atoms with Crippen molar-refractivity contribution in [3.8, 4) is 5.88 Å². The lowest BCUT2D eigenvalue weighted by Crippen LogP contribution is -2.25. The number of hydrogen-bond donors (Lipinski definition) is 1. The third kappa shape index (κ3) is 6.82. The molecule has 0 saturated carbocycles. The molecule has 2 heterocycles. The van der Waals surface area contributed by atoms with E-state index in [9.17, 15) is 4.79 Å². The molecule has 1 N–H and O–H groups in total. The van der Waals surface area contributed by atoms with E-state index in [0.717, 1.165) is 35.9 Å². The molecule has 164 valence electrons. The second-order valence-electron chi connectivity index (χ2n) is 7.62. The average Bonchev–Trinajstić information content (AvgIpc) is 3.16. The summed E-state index contributed by atoms with van der Waals surface area (Å²) in [7, 11) is 0. The van der Waals surface area contributed by atoms with Crippen LogP contribution in [0, 0.1) is 5.92 Å². The molecule has 2 aromatic heterocycles. The normalized spacial score (nSPS) is 11.0. The summed E-state index contributed by atoms with van der Waals surface area (Å²) in [5, 5.41) is 12.5. The second kappa shape index (κ2) is 11.5. The fourth-order valence-corrected chi connectivity index (χ4v) is 3.64. The zero-order valence-electron chi connectivity index (χ0n) is 18.2. The van der Waals surface area contributed by atoms with Crippen LogP contribution < -0.4 is 10.1 Å². The highest BCUT2D eigenvalue weighted by atomic mass is 32.2. The van der Waals surface area contributed by atoms with Crippen LogP contribution in [0.5, 0.6) is 5.88 Å². The van der Waals surface area contributed by atoms with E-state index in [1.165, 1.54) is 0 Å². The maximum absolute atomic E-state index is 12.5. The van der Waals surface area contributed by atoms with Crippen LogP contribution in [0.3, 0.4) is 0 Å². The number of carbonyl (C=O) groups is 1. The maximum atomic E-state index is 12.5. The highest BCUT2D eigenvalue weighted by Gasteiger charge is 2.13. The first-order valence-corrected chi connectivity index (χ1v) is 11.7. The van der Waals surface area contributed by atoms with E-state index in [2.05, 4.69) is 38.9 Å². The first-order valence-electron chi connectivity index (χ1n) is 10.4. The minimum absolute atomic E-state index is 0.139. The number of benzene rings is 1. The van der Waals surface area contributed by atoms with Crippen LogP contribution in [0.25, 0.3) is 0 Å². The quantitative estimate of drug-likeness (QED) is 0.359. The van der Waals surface area contributed by atoms with Crippen molar-refractivity contribution in [2.45, 2.75) is 45.0 Å². The topological polar surface area (TPSA) is 81.9 Å². The number of rotatable bonds is 11. The average molecular weight is 440 g/mol. The molecule has 0 bridgehead atoms. The molecule has 1 aromatic carbocycles. The number of aryl methyl sites for hydroxylation is 1. The molecule has 0 saturated heterocycles. The minimum Gasteiger partial charge on any atom is -0.473 e. The van der Waals surface area contributed by atoms with Crippen molar-refractivity contribution >= 4 is 17.7 Å². The molecule has 0 unspecified atom stereocenters. The third-order valence-corrected chi connectivity index (χ3v) is 5.28. The molecule has 3 aromatic rings. The van der Waals surface area contributed by atoms with Crippen LogP contribution in [-0.2, 0) is 19.6 Å². The molecular weight excluding hydrogens is 410 g/mol. The Morgan fingerprint density at radius 1 is 1.19 bits per heavy atom. The number of nitrogens with zero attached hydrogens (tertiary/aromatic N) is 4. The van der Waals surface area contributed by atoms with Gasteiger partial charge in [-0.25, -0.2) is 4.98 Å². The summed E-state index contributed by atoms with van der Waals surface area (Å²) in [6.07, 6.45) is 5.16. The number of hydrogen-bond acceptors (Lipinski definition) is 6. The van der Waals surface area contributed by atoms with Crippen LogP contribution in [-0.4, -0.2) is 38.5 Å². The monoisotopic (exact) mass is 439 g/mol. The SMILES string of the molecule is CSc1nnc(CCCNC(=O)c2ccnc(OCc3ccccc3)c2)n1CC(C)C. The van der Waals surface area contributed by atoms with Crippen LogP contribution >= 0.6 is 11.8 Å². The van der Waals surface area contributed by atoms with Crippen molar-refractivity contribution in [1.29, 1.82) is 0 Å². The molecule has 7 nitrogen and oxygen atoms in total. The van der Waals surface area contributed by atoms with Gasteiger partial charge in [0.05, 0.1) is 0 Å². The van der Waals surface area contributed by atoms with Gasteiger partial charge in [-0.3, -0.25) is 4.79 Å². The van der Waals surface area contributed by atoms with Gasteiger partial charge in [0.2, 0.25) is 5.88 Å². The van der Waals surface area contributed by atoms with Gasteiger partial charge < -0.3 is 14.6 Å². The van der Waals surface area contributed by atoms with E-state index in [-0.39, 0.29) is 5.91 Å². The molecule has 0 atom stereocenters. The van der Waals surface area contributed by atoms with E-state index < -0.39 is 0 Å². The van der Waals surface area contributed by atoms with Crippen LogP contribution in [0.15, 0.2) is 53.8 Å². The second-order valence-corrected chi connectivity index (χ2v) is 8.40. The lowest BCUT2D eigenvalue weighted by atomic mass is 10.2. The standard InChI is InChI=1S/C23H29N5O2S/c1-17(2)15-28-20(26-27-23(28)31-3)10-7-12-25-22(29)19-11-13-24-21(14-19)30-16-18-8-5-4-6-9-18/h4-6,8-9,11,13-14,17H,7,10,12,15-16H2,1-3H3,(H,25,29). The van der Waals surface area contributed by atoms with Gasteiger partial charge in [-0.1, -0.05) is 55.9 Å². The van der Waals surface area contributed by atoms with Gasteiger partial charge in [-0.05, 0) is 30.2 Å². The summed E-state index contributed by atoms with van der Waals surface area (Å²) in [4.78, 5) is 16.7. The van der Waals surface area contributed by atoms with E-state index in [0.29, 0.717) is 30.5 Å². The van der Waals surface area contributed by atoms with E-state index in [4.69, 9.17) is 4.74 Å². The van der Waals surface area contributed by atoms with Gasteiger partial charge in [0.25, 0.3) is 5.91 Å². The van der Waals surface area contributed by atoms with Gasteiger partial charge >= 0.3 is 0 Å². The third-order valence-electron chi connectivity index (χ3n) is 4.61. The molecule has 0 radical (unpaired) electrons. The summed E-state index contributed by atoms with van der Waals surface area (Å²) < 4.78 is 7.89. The Hall–Kier alpha value is -2.87. The Bertz CT molecular complexity index is 975. The maximum Gasteiger partial charge on any atom is 0.251 e. The highest BCUT2D eigenvalue weighted by molar-refractivity contribution is 7.98. The predicted molar refractivity (Wildman–Crippen MR) is 122 cm³/mol. The molecule has 0 aliphatic heterocycles. The Morgan fingerprint density at radius 2 is 2.00 bits per heavy atom. The zero-order valence-corrected chi connectivity index (χ0v) is 19.1. The summed E-state index contributed by atoms with van der Waals surface area (Å²) in [6, 6.07) is 13.2. The van der Waals surface area contributed by atoms with Crippen molar-refractivity contribution in [3.05, 3.63) is 65.6 Å². The van der Waals surface area contributed by atoms with Crippen LogP contribution in [0.2, 0.25) is 0 Å². The molecule has 3 rings (SSSR count). The molecule has 1 amide bonds. The summed E-state index contributed by atoms with van der Waals surface area (Å²) >= 11 is 1.61. The summed E-state index contributed by atoms with van der Waals surface area (Å²) in [5.74, 6) is 1.78. The Morgan fingerprint density at radius 3 is 2.74 bits per heavy atom. The number of amides is 1. The Balaban J connectivity index is 1.48. The van der Waals surface area contributed by atoms with Crippen LogP contribution in [0.4, 0.5) is 0 Å². The van der Waals surface area contributed by atoms with Gasteiger partial charge in [-0.15, -0.1) is 10.2 Å². The van der Waals surface area contributed by atoms with Crippen LogP contribution in [0.1, 0.15) is 42.0 Å². The van der Waals surface area contributed by atoms with Crippen molar-refractivity contribution < 1.29 is 9.53 Å². The fourth-order valence-electron chi connectivity index (χ4n) is 3.12. The van der Waals surface area contributed by atoms with Gasteiger partial charge in [0.15, 0.2) is 5.16 Å². The van der Waals surface area contributed by atoms with E-state index >= 15 is 0 Å². The molecular formula is C23H29N5O2S. The lowest BCUT2D eigenvalue weighted by Gasteiger charge is -2.12. The lowest BCUT2D eigenvalue weighted by molar-refractivity contribution is 0.0952.